The van der Waals surface area contributed by atoms with Crippen molar-refractivity contribution in [2.75, 3.05) is 12.4 Å². The minimum atomic E-state index is -0.403. The van der Waals surface area contributed by atoms with Crippen molar-refractivity contribution in [3.63, 3.8) is 0 Å². The van der Waals surface area contributed by atoms with Crippen LogP contribution in [-0.4, -0.2) is 23.1 Å². The molecule has 0 unspecified atom stereocenters. The van der Waals surface area contributed by atoms with Crippen molar-refractivity contribution in [3.05, 3.63) is 35.3 Å². The molecule has 0 aliphatic heterocycles. The molecular weight excluding hydrogens is 240 g/mol. The number of hydrogen-bond donors (Lipinski definition) is 2. The number of phenols is 1. The summed E-state index contributed by atoms with van der Waals surface area (Å²) in [6.07, 6.45) is 1.59. The lowest BCUT2D eigenvalue weighted by Crippen LogP contribution is -2.11. The summed E-state index contributed by atoms with van der Waals surface area (Å²) in [6.45, 7) is 0. The number of ether oxygens (including phenoxy) is 1. The lowest BCUT2D eigenvalue weighted by atomic mass is 10.2. The van der Waals surface area contributed by atoms with Crippen LogP contribution in [0.1, 0.15) is 10.4 Å². The molecule has 17 heavy (non-hydrogen) atoms. The van der Waals surface area contributed by atoms with Crippen LogP contribution >= 0.6 is 11.3 Å². The number of methoxy groups -OCH3 is 1. The van der Waals surface area contributed by atoms with Gasteiger partial charge in [-0.2, -0.15) is 0 Å². The molecule has 0 aliphatic carbocycles. The molecule has 2 N–H and O–H groups in total. The number of nitrogens with zero attached hydrogens (tertiary/aromatic N) is 1. The molecule has 0 radical (unpaired) electrons. The summed E-state index contributed by atoms with van der Waals surface area (Å²) in [7, 11) is 1.49. The third kappa shape index (κ3) is 2.54. The maximum atomic E-state index is 11.8. The average molecular weight is 250 g/mol. The molecule has 1 aromatic heterocycles. The van der Waals surface area contributed by atoms with Crippen molar-refractivity contribution < 1.29 is 14.6 Å². The standard InChI is InChI=1S/C11H10N2O3S/c1-16-7-2-3-8(9(14)6-7)10(15)13-11-12-4-5-17-11/h2-6,14H,1H3,(H,12,13,15). The lowest BCUT2D eigenvalue weighted by molar-refractivity contribution is 0.102. The Morgan fingerprint density at radius 1 is 1.53 bits per heavy atom. The Morgan fingerprint density at radius 2 is 2.35 bits per heavy atom. The van der Waals surface area contributed by atoms with Crippen LogP contribution in [0.5, 0.6) is 11.5 Å². The van der Waals surface area contributed by atoms with Gasteiger partial charge < -0.3 is 9.84 Å². The van der Waals surface area contributed by atoms with Gasteiger partial charge in [0.15, 0.2) is 5.13 Å². The summed E-state index contributed by atoms with van der Waals surface area (Å²) in [6, 6.07) is 4.49. The van der Waals surface area contributed by atoms with Gasteiger partial charge in [0.1, 0.15) is 11.5 Å². The van der Waals surface area contributed by atoms with Gasteiger partial charge in [-0.05, 0) is 12.1 Å². The first kappa shape index (κ1) is 11.4. The van der Waals surface area contributed by atoms with E-state index < -0.39 is 5.91 Å². The predicted octanol–water partition coefficient (Wildman–Crippen LogP) is 2.11. The number of benzene rings is 1. The smallest absolute Gasteiger partial charge is 0.261 e. The van der Waals surface area contributed by atoms with Gasteiger partial charge in [0.25, 0.3) is 5.91 Å². The highest BCUT2D eigenvalue weighted by Gasteiger charge is 2.12. The number of aromatic hydroxyl groups is 1. The number of carbonyl (C=O) groups is 1. The summed E-state index contributed by atoms with van der Waals surface area (Å²) in [5.74, 6) is -0.0354. The summed E-state index contributed by atoms with van der Waals surface area (Å²) in [4.78, 5) is 15.7. The second-order valence-corrected chi connectivity index (χ2v) is 4.07. The Labute approximate surface area is 102 Å². The van der Waals surface area contributed by atoms with Crippen LogP contribution in [0, 0.1) is 0 Å². The fourth-order valence-electron chi connectivity index (χ4n) is 1.28. The van der Waals surface area contributed by atoms with Crippen LogP contribution in [0.25, 0.3) is 0 Å². The normalized spacial score (nSPS) is 9.94. The van der Waals surface area contributed by atoms with E-state index in [1.807, 2.05) is 0 Å². The van der Waals surface area contributed by atoms with Gasteiger partial charge in [0.2, 0.25) is 0 Å². The van der Waals surface area contributed by atoms with Crippen molar-refractivity contribution in [1.29, 1.82) is 0 Å². The molecule has 0 aliphatic rings. The van der Waals surface area contributed by atoms with Crippen LogP contribution in [0.4, 0.5) is 5.13 Å². The van der Waals surface area contributed by atoms with Crippen molar-refractivity contribution >= 4 is 22.4 Å². The van der Waals surface area contributed by atoms with Crippen LogP contribution in [0.2, 0.25) is 0 Å². The third-order valence-electron chi connectivity index (χ3n) is 2.10. The van der Waals surface area contributed by atoms with Crippen molar-refractivity contribution in [2.24, 2.45) is 0 Å². The second-order valence-electron chi connectivity index (χ2n) is 3.17. The number of rotatable bonds is 3. The molecule has 88 valence electrons. The molecule has 6 heteroatoms. The fraction of sp³-hybridized carbons (Fsp3) is 0.0909. The topological polar surface area (TPSA) is 71.5 Å². The van der Waals surface area contributed by atoms with E-state index in [0.29, 0.717) is 10.9 Å². The van der Waals surface area contributed by atoms with E-state index in [2.05, 4.69) is 10.3 Å². The maximum Gasteiger partial charge on any atom is 0.261 e. The lowest BCUT2D eigenvalue weighted by Gasteiger charge is -2.06. The van der Waals surface area contributed by atoms with Crippen molar-refractivity contribution in [3.8, 4) is 11.5 Å². The second kappa shape index (κ2) is 4.84. The molecule has 0 spiro atoms. The monoisotopic (exact) mass is 250 g/mol. The number of amides is 1. The summed E-state index contributed by atoms with van der Waals surface area (Å²) in [5, 5.41) is 14.5. The molecule has 1 aromatic carbocycles. The van der Waals surface area contributed by atoms with Crippen molar-refractivity contribution in [2.45, 2.75) is 0 Å². The van der Waals surface area contributed by atoms with E-state index in [1.165, 1.54) is 30.6 Å². The largest absolute Gasteiger partial charge is 0.507 e. The molecule has 5 nitrogen and oxygen atoms in total. The zero-order valence-electron chi connectivity index (χ0n) is 9.01. The first-order chi connectivity index (χ1) is 8.20. The van der Waals surface area contributed by atoms with Gasteiger partial charge in [-0.3, -0.25) is 10.1 Å². The number of carbonyl (C=O) groups excluding carboxylic acids is 1. The minimum absolute atomic E-state index is 0.126. The van der Waals surface area contributed by atoms with Gasteiger partial charge >= 0.3 is 0 Å². The summed E-state index contributed by atoms with van der Waals surface area (Å²) < 4.78 is 4.93. The maximum absolute atomic E-state index is 11.8. The highest BCUT2D eigenvalue weighted by atomic mass is 32.1. The Balaban J connectivity index is 2.19. The van der Waals surface area contributed by atoms with Gasteiger partial charge in [0, 0.05) is 17.6 Å². The summed E-state index contributed by atoms with van der Waals surface area (Å²) >= 11 is 1.31. The zero-order valence-corrected chi connectivity index (χ0v) is 9.82. The van der Waals surface area contributed by atoms with E-state index in [0.717, 1.165) is 0 Å². The molecule has 0 bridgehead atoms. The molecule has 2 aromatic rings. The highest BCUT2D eigenvalue weighted by Crippen LogP contribution is 2.24. The molecule has 1 amide bonds. The Morgan fingerprint density at radius 3 is 2.94 bits per heavy atom. The number of nitrogens with one attached hydrogen (secondary N) is 1. The first-order valence-electron chi connectivity index (χ1n) is 4.78. The van der Waals surface area contributed by atoms with Crippen LogP contribution in [0.3, 0.4) is 0 Å². The van der Waals surface area contributed by atoms with E-state index in [-0.39, 0.29) is 11.3 Å². The zero-order chi connectivity index (χ0) is 12.3. The number of hydrogen-bond acceptors (Lipinski definition) is 5. The molecule has 0 saturated carbocycles. The van der Waals surface area contributed by atoms with Crippen molar-refractivity contribution in [1.82, 2.24) is 4.98 Å². The van der Waals surface area contributed by atoms with Gasteiger partial charge in [-0.1, -0.05) is 0 Å². The molecule has 0 saturated heterocycles. The quantitative estimate of drug-likeness (QED) is 0.875. The van der Waals surface area contributed by atoms with E-state index >= 15 is 0 Å². The molecule has 2 rings (SSSR count). The van der Waals surface area contributed by atoms with Gasteiger partial charge in [-0.15, -0.1) is 11.3 Å². The average Bonchev–Trinajstić information content (AvgIpc) is 2.81. The van der Waals surface area contributed by atoms with Crippen LogP contribution < -0.4 is 10.1 Å². The SMILES string of the molecule is COc1ccc(C(=O)Nc2nccs2)c(O)c1. The van der Waals surface area contributed by atoms with E-state index in [1.54, 1.807) is 17.6 Å². The predicted molar refractivity (Wildman–Crippen MR) is 64.7 cm³/mol. The van der Waals surface area contributed by atoms with E-state index in [9.17, 15) is 9.90 Å². The Bertz CT molecular complexity index is 526. The number of aromatic nitrogens is 1. The highest BCUT2D eigenvalue weighted by molar-refractivity contribution is 7.13. The Kier molecular flexibility index (Phi) is 3.24. The van der Waals surface area contributed by atoms with E-state index in [4.69, 9.17) is 4.74 Å². The fourth-order valence-corrected chi connectivity index (χ4v) is 1.80. The number of phenolic OH excluding ortho intramolecular Hbond substituents is 1. The first-order valence-corrected chi connectivity index (χ1v) is 5.66. The van der Waals surface area contributed by atoms with Gasteiger partial charge in [-0.25, -0.2) is 4.98 Å². The Hall–Kier alpha value is -2.08. The van der Waals surface area contributed by atoms with Crippen LogP contribution in [-0.2, 0) is 0 Å². The van der Waals surface area contributed by atoms with Gasteiger partial charge in [0.05, 0.1) is 12.7 Å². The molecular formula is C11H10N2O3S. The minimum Gasteiger partial charge on any atom is -0.507 e. The molecule has 0 atom stereocenters. The number of anilines is 1. The third-order valence-corrected chi connectivity index (χ3v) is 2.79. The van der Waals surface area contributed by atoms with Crippen LogP contribution in [0.15, 0.2) is 29.8 Å². The molecule has 1 heterocycles. The summed E-state index contributed by atoms with van der Waals surface area (Å²) in [5.41, 5.74) is 0.181. The number of thiazole rings is 1. The molecule has 0 fully saturated rings.